The van der Waals surface area contributed by atoms with Gasteiger partial charge in [0.25, 0.3) is 0 Å². The van der Waals surface area contributed by atoms with E-state index >= 15 is 0 Å². The van der Waals surface area contributed by atoms with E-state index in [9.17, 15) is 9.59 Å². The van der Waals surface area contributed by atoms with E-state index < -0.39 is 0 Å². The number of hydrogen-bond acceptors (Lipinski definition) is 3. The molecule has 5 nitrogen and oxygen atoms in total. The number of hydrogen-bond donors (Lipinski definition) is 0. The second kappa shape index (κ2) is 6.51. The molecule has 4 rings (SSSR count). The van der Waals surface area contributed by atoms with E-state index in [0.29, 0.717) is 23.8 Å². The van der Waals surface area contributed by atoms with Crippen molar-refractivity contribution in [2.75, 3.05) is 32.8 Å². The largest absolute Gasteiger partial charge is 0.342 e. The number of fused-ring (bicyclic) bond motifs is 2. The highest BCUT2D eigenvalue weighted by atomic mass is 16.2. The Bertz CT molecular complexity index is 539. The molecule has 3 aliphatic heterocycles. The third-order valence-electron chi connectivity index (χ3n) is 6.32. The Morgan fingerprint density at radius 1 is 1.17 bits per heavy atom. The number of amides is 2. The monoisotopic (exact) mass is 331 g/mol. The molecule has 3 heterocycles. The van der Waals surface area contributed by atoms with Gasteiger partial charge in [-0.2, -0.15) is 0 Å². The normalized spacial score (nSPS) is 34.4. The van der Waals surface area contributed by atoms with Crippen LogP contribution in [-0.2, 0) is 9.59 Å². The van der Waals surface area contributed by atoms with E-state index in [1.807, 2.05) is 4.90 Å². The zero-order valence-electron chi connectivity index (χ0n) is 14.7. The predicted molar refractivity (Wildman–Crippen MR) is 92.0 cm³/mol. The van der Waals surface area contributed by atoms with Crippen molar-refractivity contribution in [1.29, 1.82) is 0 Å². The van der Waals surface area contributed by atoms with E-state index in [2.05, 4.69) is 28.9 Å². The molecule has 0 saturated carbocycles. The average molecular weight is 331 g/mol. The summed E-state index contributed by atoms with van der Waals surface area (Å²) in [4.78, 5) is 31.5. The summed E-state index contributed by atoms with van der Waals surface area (Å²) in [6.45, 7) is 6.75. The van der Waals surface area contributed by atoms with Crippen LogP contribution in [0.3, 0.4) is 0 Å². The first-order valence-corrected chi connectivity index (χ1v) is 9.62. The molecule has 4 aliphatic rings. The number of rotatable bonds is 3. The van der Waals surface area contributed by atoms with Crippen LogP contribution < -0.4 is 0 Å². The fourth-order valence-electron chi connectivity index (χ4n) is 4.83. The number of piperidine rings is 2. The Morgan fingerprint density at radius 2 is 1.96 bits per heavy atom. The Balaban J connectivity index is 1.27. The summed E-state index contributed by atoms with van der Waals surface area (Å²) >= 11 is 0. The maximum atomic E-state index is 12.7. The molecule has 2 bridgehead atoms. The molecular formula is C19H29N3O2. The summed E-state index contributed by atoms with van der Waals surface area (Å²) in [7, 11) is 0. The summed E-state index contributed by atoms with van der Waals surface area (Å²) in [6, 6.07) is 0.316. The molecule has 1 aliphatic carbocycles. The first-order valence-electron chi connectivity index (χ1n) is 9.62. The van der Waals surface area contributed by atoms with Crippen LogP contribution in [0.1, 0.15) is 39.0 Å². The second-order valence-corrected chi connectivity index (χ2v) is 8.17. The molecule has 3 saturated heterocycles. The third kappa shape index (κ3) is 2.99. The van der Waals surface area contributed by atoms with E-state index in [0.717, 1.165) is 58.5 Å². The third-order valence-corrected chi connectivity index (χ3v) is 6.32. The van der Waals surface area contributed by atoms with Crippen LogP contribution in [-0.4, -0.2) is 65.4 Å². The Labute approximate surface area is 144 Å². The van der Waals surface area contributed by atoms with E-state index in [1.165, 1.54) is 6.42 Å². The van der Waals surface area contributed by atoms with E-state index in [4.69, 9.17) is 0 Å². The first kappa shape index (κ1) is 16.1. The van der Waals surface area contributed by atoms with Crippen molar-refractivity contribution in [3.63, 3.8) is 0 Å². The Morgan fingerprint density at radius 3 is 2.62 bits per heavy atom. The van der Waals surface area contributed by atoms with Gasteiger partial charge in [0.15, 0.2) is 0 Å². The van der Waals surface area contributed by atoms with Gasteiger partial charge in [0.2, 0.25) is 11.8 Å². The van der Waals surface area contributed by atoms with Crippen LogP contribution in [0.4, 0.5) is 0 Å². The zero-order valence-corrected chi connectivity index (χ0v) is 14.7. The molecule has 3 atom stereocenters. The van der Waals surface area contributed by atoms with Gasteiger partial charge in [-0.15, -0.1) is 0 Å². The van der Waals surface area contributed by atoms with Gasteiger partial charge < -0.3 is 9.80 Å². The molecule has 5 heteroatoms. The molecule has 0 spiro atoms. The topological polar surface area (TPSA) is 43.9 Å². The maximum absolute atomic E-state index is 12.7. The summed E-state index contributed by atoms with van der Waals surface area (Å²) in [5.74, 6) is 1.64. The van der Waals surface area contributed by atoms with Crippen molar-refractivity contribution in [2.24, 2.45) is 17.8 Å². The average Bonchev–Trinajstić information content (AvgIpc) is 3.18. The van der Waals surface area contributed by atoms with Gasteiger partial charge in [0.1, 0.15) is 0 Å². The van der Waals surface area contributed by atoms with Gasteiger partial charge in [-0.1, -0.05) is 19.1 Å². The van der Waals surface area contributed by atoms with Crippen molar-refractivity contribution in [3.8, 4) is 0 Å². The highest BCUT2D eigenvalue weighted by Crippen LogP contribution is 2.33. The Hall–Kier alpha value is -1.36. The lowest BCUT2D eigenvalue weighted by molar-refractivity contribution is -0.140. The lowest BCUT2D eigenvalue weighted by atomic mass is 9.93. The molecule has 132 valence electrons. The van der Waals surface area contributed by atoms with Crippen LogP contribution in [0.2, 0.25) is 0 Å². The van der Waals surface area contributed by atoms with Crippen LogP contribution >= 0.6 is 0 Å². The molecule has 0 aromatic rings. The fraction of sp³-hybridized carbons (Fsp3) is 0.789. The molecule has 2 amide bonds. The summed E-state index contributed by atoms with van der Waals surface area (Å²) in [5, 5.41) is 0. The van der Waals surface area contributed by atoms with Crippen LogP contribution in [0.25, 0.3) is 0 Å². The van der Waals surface area contributed by atoms with Crippen molar-refractivity contribution in [3.05, 3.63) is 12.2 Å². The Kier molecular flexibility index (Phi) is 4.37. The van der Waals surface area contributed by atoms with Crippen molar-refractivity contribution in [1.82, 2.24) is 14.7 Å². The quantitative estimate of drug-likeness (QED) is 0.740. The van der Waals surface area contributed by atoms with Gasteiger partial charge in [-0.05, 0) is 38.0 Å². The molecule has 0 N–H and O–H groups in total. The van der Waals surface area contributed by atoms with Gasteiger partial charge in [-0.25, -0.2) is 0 Å². The van der Waals surface area contributed by atoms with E-state index in [1.54, 1.807) is 0 Å². The van der Waals surface area contributed by atoms with E-state index in [-0.39, 0.29) is 11.8 Å². The minimum absolute atomic E-state index is 0.134. The summed E-state index contributed by atoms with van der Waals surface area (Å²) < 4.78 is 0. The lowest BCUT2D eigenvalue weighted by Gasteiger charge is -2.38. The number of nitrogens with zero attached hydrogens (tertiary/aromatic N) is 3. The molecular weight excluding hydrogens is 302 g/mol. The van der Waals surface area contributed by atoms with Crippen LogP contribution in [0.5, 0.6) is 0 Å². The van der Waals surface area contributed by atoms with Crippen LogP contribution in [0, 0.1) is 17.8 Å². The number of likely N-dealkylation sites (tertiary alicyclic amines) is 3. The SMILES string of the molecule is CC1CCCN(C(=O)C2CCN(CN3C(=O)C4C=CC3C4)CC2)C1. The highest BCUT2D eigenvalue weighted by Gasteiger charge is 2.41. The second-order valence-electron chi connectivity index (χ2n) is 8.17. The van der Waals surface area contributed by atoms with Crippen molar-refractivity contribution < 1.29 is 9.59 Å². The van der Waals surface area contributed by atoms with Crippen molar-refractivity contribution >= 4 is 11.8 Å². The minimum atomic E-state index is 0.134. The van der Waals surface area contributed by atoms with Gasteiger partial charge in [0.05, 0.1) is 18.6 Å². The zero-order chi connectivity index (χ0) is 16.7. The standard InChI is InChI=1S/C19H29N3O2/c1-14-3-2-8-21(12-14)18(23)15-6-9-20(10-7-15)13-22-17-5-4-16(11-17)19(22)24/h4-5,14-17H,2-3,6-13H2,1H3. The highest BCUT2D eigenvalue weighted by molar-refractivity contribution is 5.85. The minimum Gasteiger partial charge on any atom is -0.342 e. The molecule has 0 aromatic heterocycles. The van der Waals surface area contributed by atoms with Gasteiger partial charge in [0, 0.05) is 32.1 Å². The molecule has 3 unspecified atom stereocenters. The fourth-order valence-corrected chi connectivity index (χ4v) is 4.83. The smallest absolute Gasteiger partial charge is 0.231 e. The van der Waals surface area contributed by atoms with Gasteiger partial charge >= 0.3 is 0 Å². The summed E-state index contributed by atoms with van der Waals surface area (Å²) in [6.07, 6.45) is 9.50. The van der Waals surface area contributed by atoms with Gasteiger partial charge in [-0.3, -0.25) is 14.5 Å². The maximum Gasteiger partial charge on any atom is 0.231 e. The first-order chi connectivity index (χ1) is 11.6. The predicted octanol–water partition coefficient (Wildman–Crippen LogP) is 1.70. The number of carbonyl (C=O) groups is 2. The molecule has 3 fully saturated rings. The lowest BCUT2D eigenvalue weighted by Crippen LogP contribution is -2.49. The molecule has 24 heavy (non-hydrogen) atoms. The summed E-state index contributed by atoms with van der Waals surface area (Å²) in [5.41, 5.74) is 0. The molecule has 0 radical (unpaired) electrons. The van der Waals surface area contributed by atoms with Crippen molar-refractivity contribution in [2.45, 2.75) is 45.1 Å². The number of carbonyl (C=O) groups excluding carboxylic acids is 2. The van der Waals surface area contributed by atoms with Crippen LogP contribution in [0.15, 0.2) is 12.2 Å². The molecule has 0 aromatic carbocycles.